The molecule has 2 fully saturated rings. The van der Waals surface area contributed by atoms with Gasteiger partial charge in [-0.25, -0.2) is 13.1 Å². The molecule has 15 nitrogen and oxygen atoms in total. The molecule has 0 bridgehead atoms. The summed E-state index contributed by atoms with van der Waals surface area (Å²) in [6.07, 6.45) is -17.8. The van der Waals surface area contributed by atoms with Gasteiger partial charge >= 0.3 is 0 Å². The van der Waals surface area contributed by atoms with Crippen molar-refractivity contribution in [3.05, 3.63) is 0 Å². The van der Waals surface area contributed by atoms with E-state index in [9.17, 15) is 53.5 Å². The van der Waals surface area contributed by atoms with Crippen LogP contribution in [0.2, 0.25) is 0 Å². The van der Waals surface area contributed by atoms with Crippen LogP contribution in [0.5, 0.6) is 0 Å². The third kappa shape index (κ3) is 4.93. The number of carbonyl (C=O) groups is 1. The average Bonchev–Trinajstić information content (AvgIpc) is 2.59. The van der Waals surface area contributed by atoms with Crippen molar-refractivity contribution in [3.8, 4) is 0 Å². The number of carboxylic acid groups (broad SMARTS) is 1. The topological polar surface area (TPSA) is 258 Å². The van der Waals surface area contributed by atoms with Gasteiger partial charge in [0.25, 0.3) is 0 Å². The van der Waals surface area contributed by atoms with Crippen LogP contribution in [0.25, 0.3) is 0 Å². The Hall–Kier alpha value is -1.02. The van der Waals surface area contributed by atoms with Gasteiger partial charge in [0.05, 0.1) is 12.6 Å². The molecule has 10 atom stereocenters. The van der Waals surface area contributed by atoms with E-state index in [-0.39, 0.29) is 0 Å². The Labute approximate surface area is 157 Å². The van der Waals surface area contributed by atoms with Gasteiger partial charge in [-0.2, -0.15) is 0 Å². The van der Waals surface area contributed by atoms with Crippen LogP contribution in [-0.4, -0.2) is 118 Å². The van der Waals surface area contributed by atoms with Crippen LogP contribution >= 0.6 is 0 Å². The number of carbonyl (C=O) groups excluding carboxylic acids is 1. The molecule has 2 aliphatic rings. The third-order valence-electron chi connectivity index (χ3n) is 4.25. The standard InChI is InChI=1S/C12H21NO14S/c14-1-2-8(4(15)3(11(21)25-2)13-28(22,23)24)26-12-7(18)5(16)6(17)9(27-12)10(19)20/h2-9,11-18,21H,1H2,(H,19,20)(H,22,23,24)/p-2/t2-,3-,4-,5+,6+,7-,8-,9-,11+,12-/m1/s1. The van der Waals surface area contributed by atoms with Crippen LogP contribution in [0.4, 0.5) is 0 Å². The van der Waals surface area contributed by atoms with Gasteiger partial charge in [0.1, 0.15) is 48.8 Å². The molecule has 16 heteroatoms. The molecule has 0 aliphatic carbocycles. The predicted octanol–water partition coefficient (Wildman–Crippen LogP) is -7.58. The summed E-state index contributed by atoms with van der Waals surface area (Å²) < 4.78 is 48.7. The van der Waals surface area contributed by atoms with E-state index in [2.05, 4.69) is 0 Å². The summed E-state index contributed by atoms with van der Waals surface area (Å²) in [4.78, 5) is 11.0. The fraction of sp³-hybridized carbons (Fsp3) is 0.917. The number of aliphatic hydroxyl groups is 6. The smallest absolute Gasteiger partial charge is 0.187 e. The quantitative estimate of drug-likeness (QED) is 0.192. The van der Waals surface area contributed by atoms with Crippen molar-refractivity contribution in [2.75, 3.05) is 6.61 Å². The number of hydrogen-bond acceptors (Lipinski definition) is 14. The van der Waals surface area contributed by atoms with Crippen LogP contribution < -0.4 is 9.83 Å². The first kappa shape index (κ1) is 23.3. The zero-order valence-corrected chi connectivity index (χ0v) is 14.7. The molecule has 2 aliphatic heterocycles. The van der Waals surface area contributed by atoms with Crippen LogP contribution in [0.1, 0.15) is 0 Å². The van der Waals surface area contributed by atoms with E-state index < -0.39 is 84.2 Å². The lowest BCUT2D eigenvalue weighted by molar-refractivity contribution is -0.365. The molecule has 2 heterocycles. The second kappa shape index (κ2) is 8.78. The van der Waals surface area contributed by atoms with Crippen molar-refractivity contribution in [2.24, 2.45) is 0 Å². The minimum atomic E-state index is -5.17. The summed E-state index contributed by atoms with van der Waals surface area (Å²) in [6, 6.07) is -1.96. The average molecular weight is 433 g/mol. The predicted molar refractivity (Wildman–Crippen MR) is 77.2 cm³/mol. The molecule has 0 unspecified atom stereocenters. The van der Waals surface area contributed by atoms with Gasteiger partial charge in [-0.05, 0) is 0 Å². The van der Waals surface area contributed by atoms with E-state index in [1.165, 1.54) is 4.72 Å². The van der Waals surface area contributed by atoms with E-state index in [0.717, 1.165) is 0 Å². The highest BCUT2D eigenvalue weighted by Gasteiger charge is 2.51. The van der Waals surface area contributed by atoms with Gasteiger partial charge in [0.2, 0.25) is 0 Å². The van der Waals surface area contributed by atoms with Gasteiger partial charge < -0.3 is 59.3 Å². The third-order valence-corrected chi connectivity index (χ3v) is 4.81. The Balaban J connectivity index is 2.23. The Bertz CT molecular complexity index is 659. The molecule has 0 aromatic rings. The van der Waals surface area contributed by atoms with Crippen LogP contribution in [0, 0.1) is 0 Å². The first-order chi connectivity index (χ1) is 12.9. The van der Waals surface area contributed by atoms with Crippen molar-refractivity contribution in [1.29, 1.82) is 0 Å². The summed E-state index contributed by atoms with van der Waals surface area (Å²) >= 11 is 0. The van der Waals surface area contributed by atoms with Gasteiger partial charge in [0.15, 0.2) is 22.9 Å². The number of ether oxygens (including phenoxy) is 3. The summed E-state index contributed by atoms with van der Waals surface area (Å²) in [5.74, 6) is -1.96. The molecule has 0 radical (unpaired) electrons. The summed E-state index contributed by atoms with van der Waals surface area (Å²) in [5.41, 5.74) is 0. The van der Waals surface area contributed by atoms with Gasteiger partial charge in [0, 0.05) is 0 Å². The molecule has 0 aromatic carbocycles. The second-order valence-corrected chi connectivity index (χ2v) is 7.30. The fourth-order valence-corrected chi connectivity index (χ4v) is 3.44. The molecule has 28 heavy (non-hydrogen) atoms. The van der Waals surface area contributed by atoms with E-state index in [1.807, 2.05) is 0 Å². The number of aliphatic carboxylic acids is 1. The molecule has 0 spiro atoms. The number of hydrogen-bond donors (Lipinski definition) is 7. The van der Waals surface area contributed by atoms with Crippen molar-refractivity contribution in [3.63, 3.8) is 0 Å². The highest BCUT2D eigenvalue weighted by Crippen LogP contribution is 2.28. The normalized spacial score (nSPS) is 45.0. The largest absolute Gasteiger partial charge is 0.735 e. The van der Waals surface area contributed by atoms with Crippen molar-refractivity contribution >= 4 is 16.3 Å². The van der Waals surface area contributed by atoms with Crippen molar-refractivity contribution in [1.82, 2.24) is 4.72 Å². The van der Waals surface area contributed by atoms with Crippen LogP contribution in [-0.2, 0) is 29.3 Å². The highest BCUT2D eigenvalue weighted by atomic mass is 32.2. The maximum Gasteiger partial charge on any atom is 0.187 e. The van der Waals surface area contributed by atoms with Gasteiger partial charge in [-0.3, -0.25) is 0 Å². The van der Waals surface area contributed by atoms with E-state index in [0.29, 0.717) is 0 Å². The minimum absolute atomic E-state index is 0.909. The first-order valence-electron chi connectivity index (χ1n) is 7.79. The molecule has 2 saturated heterocycles. The summed E-state index contributed by atoms with van der Waals surface area (Å²) in [5, 5.41) is 69.5. The summed E-state index contributed by atoms with van der Waals surface area (Å²) in [6.45, 7) is -0.909. The minimum Gasteiger partial charge on any atom is -0.735 e. The highest BCUT2D eigenvalue weighted by molar-refractivity contribution is 7.83. The SMILES string of the molecule is O=C([O-])[C@@H]1O[C@@H](O[C@H]2[C@H](O)[C@@H](NS(=O)(=O)[O-])[C@@H](O)O[C@@H]2CO)[C@H](O)[C@@H](O)[C@@H]1O. The zero-order chi connectivity index (χ0) is 21.4. The van der Waals surface area contributed by atoms with Crippen LogP contribution in [0.15, 0.2) is 0 Å². The lowest BCUT2D eigenvalue weighted by Crippen LogP contribution is -2.68. The monoisotopic (exact) mass is 433 g/mol. The first-order valence-corrected chi connectivity index (χ1v) is 9.19. The molecule has 0 aromatic heterocycles. The lowest BCUT2D eigenvalue weighted by atomic mass is 9.96. The fourth-order valence-electron chi connectivity index (χ4n) is 2.85. The number of nitrogens with one attached hydrogen (secondary N) is 1. The Kier molecular flexibility index (Phi) is 7.29. The molecule has 0 amide bonds. The Morgan fingerprint density at radius 1 is 1.04 bits per heavy atom. The second-order valence-electron chi connectivity index (χ2n) is 6.15. The number of rotatable bonds is 6. The maximum absolute atomic E-state index is 11.0. The van der Waals surface area contributed by atoms with Crippen molar-refractivity contribution in [2.45, 2.75) is 61.3 Å². The molecular formula is C12H19NO14S-2. The van der Waals surface area contributed by atoms with E-state index >= 15 is 0 Å². The lowest BCUT2D eigenvalue weighted by Gasteiger charge is -2.46. The maximum atomic E-state index is 11.0. The molecule has 2 rings (SSSR count). The Morgan fingerprint density at radius 3 is 2.14 bits per heavy atom. The van der Waals surface area contributed by atoms with Gasteiger partial charge in [-0.15, -0.1) is 0 Å². The number of carboxylic acids is 1. The molecule has 0 saturated carbocycles. The number of aliphatic hydroxyl groups excluding tert-OH is 6. The van der Waals surface area contributed by atoms with Gasteiger partial charge in [-0.1, -0.05) is 0 Å². The molecule has 164 valence electrons. The van der Waals surface area contributed by atoms with E-state index in [1.54, 1.807) is 0 Å². The Morgan fingerprint density at radius 2 is 1.64 bits per heavy atom. The summed E-state index contributed by atoms with van der Waals surface area (Å²) in [7, 11) is -5.17. The zero-order valence-electron chi connectivity index (χ0n) is 13.8. The van der Waals surface area contributed by atoms with Crippen LogP contribution in [0.3, 0.4) is 0 Å². The molecular weight excluding hydrogens is 414 g/mol. The van der Waals surface area contributed by atoms with Crippen molar-refractivity contribution < 1.29 is 67.7 Å². The molecule has 7 N–H and O–H groups in total. The van der Waals surface area contributed by atoms with E-state index in [4.69, 9.17) is 14.2 Å².